The number of carboxylic acid groups (broad SMARTS) is 1. The van der Waals surface area contributed by atoms with Crippen molar-refractivity contribution in [1.29, 1.82) is 0 Å². The molecule has 162 valence electrons. The molecule has 0 saturated heterocycles. The van der Waals surface area contributed by atoms with Crippen molar-refractivity contribution in [2.75, 3.05) is 13.2 Å². The summed E-state index contributed by atoms with van der Waals surface area (Å²) in [7, 11) is 0. The lowest BCUT2D eigenvalue weighted by molar-refractivity contribution is -0.309. The van der Waals surface area contributed by atoms with E-state index < -0.39 is 36.0 Å². The van der Waals surface area contributed by atoms with E-state index in [1.54, 1.807) is 46.8 Å². The molecule has 2 N–H and O–H groups in total. The van der Waals surface area contributed by atoms with Gasteiger partial charge in [0, 0.05) is 5.56 Å². The van der Waals surface area contributed by atoms with Gasteiger partial charge in [0.1, 0.15) is 11.3 Å². The van der Waals surface area contributed by atoms with Crippen LogP contribution < -0.4 is 26.1 Å². The molecule has 0 spiro atoms. The Bertz CT molecular complexity index is 1040. The normalized spacial score (nSPS) is 11.9. The topological polar surface area (TPSA) is 138 Å². The number of benzene rings is 1. The van der Waals surface area contributed by atoms with Gasteiger partial charge < -0.3 is 29.7 Å². The zero-order valence-corrected chi connectivity index (χ0v) is 17.6. The van der Waals surface area contributed by atoms with Gasteiger partial charge in [-0.2, -0.15) is 0 Å². The Hall–Kier alpha value is -3.36. The molecule has 1 aromatic carbocycles. The van der Waals surface area contributed by atoms with Crippen molar-refractivity contribution < 1.29 is 28.6 Å². The first kappa shape index (κ1) is 22.9. The average Bonchev–Trinajstić information content (AvgIpc) is 2.65. The van der Waals surface area contributed by atoms with Crippen molar-refractivity contribution >= 4 is 28.8 Å². The van der Waals surface area contributed by atoms with Crippen LogP contribution in [0.5, 0.6) is 5.75 Å². The second kappa shape index (κ2) is 9.43. The van der Waals surface area contributed by atoms with E-state index in [2.05, 4.69) is 10.6 Å². The van der Waals surface area contributed by atoms with Crippen molar-refractivity contribution in [3.63, 3.8) is 0 Å². The van der Waals surface area contributed by atoms with Gasteiger partial charge in [-0.15, -0.1) is 0 Å². The Morgan fingerprint density at radius 1 is 1.10 bits per heavy atom. The van der Waals surface area contributed by atoms with Gasteiger partial charge in [0.05, 0.1) is 23.9 Å². The molecule has 30 heavy (non-hydrogen) atoms. The van der Waals surface area contributed by atoms with Crippen LogP contribution in [0.3, 0.4) is 0 Å². The molecular formula is C21H25N2O7-. The predicted molar refractivity (Wildman–Crippen MR) is 107 cm³/mol. The number of aryl methyl sites for hydroxylation is 2. The quantitative estimate of drug-likeness (QED) is 0.581. The van der Waals surface area contributed by atoms with Gasteiger partial charge in [0.25, 0.3) is 5.91 Å². The molecule has 9 nitrogen and oxygen atoms in total. The summed E-state index contributed by atoms with van der Waals surface area (Å²) in [6.07, 6.45) is 0. The first-order valence-electron chi connectivity index (χ1n) is 9.45. The Kier molecular flexibility index (Phi) is 7.20. The molecule has 0 radical (unpaired) electrons. The summed E-state index contributed by atoms with van der Waals surface area (Å²) >= 11 is 0. The molecule has 0 unspecified atom stereocenters. The summed E-state index contributed by atoms with van der Waals surface area (Å²) in [6.45, 7) is 7.69. The Balaban J connectivity index is 2.04. The fourth-order valence-electron chi connectivity index (χ4n) is 2.90. The molecule has 0 saturated carbocycles. The van der Waals surface area contributed by atoms with Crippen molar-refractivity contribution in [2.24, 2.45) is 5.92 Å². The van der Waals surface area contributed by atoms with Crippen LogP contribution >= 0.6 is 0 Å². The van der Waals surface area contributed by atoms with Crippen LogP contribution in [-0.2, 0) is 14.4 Å². The van der Waals surface area contributed by atoms with Crippen LogP contribution in [0.2, 0.25) is 0 Å². The summed E-state index contributed by atoms with van der Waals surface area (Å²) in [5.74, 6) is -2.59. The van der Waals surface area contributed by atoms with Crippen molar-refractivity contribution in [3.8, 4) is 5.75 Å². The number of ether oxygens (including phenoxy) is 1. The number of nitrogens with one attached hydrogen (secondary N) is 2. The minimum Gasteiger partial charge on any atom is -0.548 e. The second-order valence-electron chi connectivity index (χ2n) is 7.45. The SMILES string of the molecule is Cc1cc(OCC(=O)NCC(=O)N[C@H](C(=O)[O-])C(C)C)c2c(C)c(C)c(=O)oc2c1. The van der Waals surface area contributed by atoms with E-state index in [1.165, 1.54) is 0 Å². The maximum Gasteiger partial charge on any atom is 0.339 e. The smallest absolute Gasteiger partial charge is 0.339 e. The Morgan fingerprint density at radius 2 is 1.77 bits per heavy atom. The summed E-state index contributed by atoms with van der Waals surface area (Å²) in [4.78, 5) is 46.9. The van der Waals surface area contributed by atoms with Gasteiger partial charge in [0.2, 0.25) is 5.91 Å². The molecule has 1 aromatic heterocycles. The van der Waals surface area contributed by atoms with E-state index in [1.807, 2.05) is 0 Å². The number of hydrogen-bond acceptors (Lipinski definition) is 7. The van der Waals surface area contributed by atoms with Gasteiger partial charge in [-0.1, -0.05) is 13.8 Å². The molecule has 2 amide bonds. The first-order chi connectivity index (χ1) is 14.0. The van der Waals surface area contributed by atoms with Crippen molar-refractivity contribution in [1.82, 2.24) is 10.6 Å². The Labute approximate surface area is 173 Å². The highest BCUT2D eigenvalue weighted by Crippen LogP contribution is 2.30. The lowest BCUT2D eigenvalue weighted by Crippen LogP contribution is -2.53. The number of carboxylic acids is 1. The third kappa shape index (κ3) is 5.37. The van der Waals surface area contributed by atoms with Crippen LogP contribution in [0, 0.1) is 26.7 Å². The van der Waals surface area contributed by atoms with Crippen molar-refractivity contribution in [2.45, 2.75) is 40.7 Å². The number of aliphatic carboxylic acids is 1. The lowest BCUT2D eigenvalue weighted by Gasteiger charge is -2.23. The van der Waals surface area contributed by atoms with E-state index in [-0.39, 0.29) is 12.5 Å². The van der Waals surface area contributed by atoms with Crippen LogP contribution in [0.4, 0.5) is 0 Å². The van der Waals surface area contributed by atoms with Gasteiger partial charge in [0.15, 0.2) is 6.61 Å². The molecule has 2 aromatic rings. The number of fused-ring (bicyclic) bond motifs is 1. The summed E-state index contributed by atoms with van der Waals surface area (Å²) in [6, 6.07) is 2.29. The number of hydrogen-bond donors (Lipinski definition) is 2. The summed E-state index contributed by atoms with van der Waals surface area (Å²) in [5, 5.41) is 16.3. The molecule has 1 atom stereocenters. The van der Waals surface area contributed by atoms with Gasteiger partial charge in [-0.25, -0.2) is 4.79 Å². The standard InChI is InChI=1S/C21H26N2O7/c1-10(2)19(20(26)27)23-16(24)8-22-17(25)9-29-14-6-11(3)7-15-18(14)12(4)13(5)21(28)30-15/h6-7,10,19H,8-9H2,1-5H3,(H,22,25)(H,23,24)(H,26,27)/p-1/t19-/m0/s1. The largest absolute Gasteiger partial charge is 0.548 e. The summed E-state index contributed by atoms with van der Waals surface area (Å²) in [5.41, 5.74) is 1.85. The molecule has 0 aliphatic rings. The monoisotopic (exact) mass is 417 g/mol. The molecule has 2 rings (SSSR count). The van der Waals surface area contributed by atoms with Gasteiger partial charge in [-0.3, -0.25) is 9.59 Å². The maximum atomic E-state index is 12.1. The van der Waals surface area contributed by atoms with Crippen molar-refractivity contribution in [3.05, 3.63) is 39.2 Å². The molecule has 0 fully saturated rings. The molecular weight excluding hydrogens is 392 g/mol. The minimum atomic E-state index is -1.39. The van der Waals surface area contributed by atoms with E-state index in [9.17, 15) is 24.3 Å². The van der Waals surface area contributed by atoms with E-state index in [4.69, 9.17) is 9.15 Å². The van der Waals surface area contributed by atoms with Crippen LogP contribution in [0.1, 0.15) is 30.5 Å². The van der Waals surface area contributed by atoms with E-state index in [0.717, 1.165) is 5.56 Å². The molecule has 0 bridgehead atoms. The zero-order valence-electron chi connectivity index (χ0n) is 17.6. The van der Waals surface area contributed by atoms with Gasteiger partial charge in [-0.05, 0) is 49.9 Å². The average molecular weight is 417 g/mol. The third-order valence-electron chi connectivity index (χ3n) is 4.70. The number of carbonyl (C=O) groups excluding carboxylic acids is 3. The minimum absolute atomic E-state index is 0.361. The summed E-state index contributed by atoms with van der Waals surface area (Å²) < 4.78 is 10.9. The molecule has 1 heterocycles. The third-order valence-corrected chi connectivity index (χ3v) is 4.70. The lowest BCUT2D eigenvalue weighted by atomic mass is 10.0. The zero-order chi connectivity index (χ0) is 22.6. The predicted octanol–water partition coefficient (Wildman–Crippen LogP) is 0.104. The number of rotatable bonds is 8. The highest BCUT2D eigenvalue weighted by Gasteiger charge is 2.18. The number of carbonyl (C=O) groups is 3. The van der Waals surface area contributed by atoms with Crippen LogP contribution in [0.25, 0.3) is 11.0 Å². The van der Waals surface area contributed by atoms with E-state index in [0.29, 0.717) is 27.8 Å². The fraction of sp³-hybridized carbons (Fsp3) is 0.429. The van der Waals surface area contributed by atoms with Crippen LogP contribution in [0.15, 0.2) is 21.3 Å². The fourth-order valence-corrected chi connectivity index (χ4v) is 2.90. The molecule has 0 aliphatic heterocycles. The first-order valence-corrected chi connectivity index (χ1v) is 9.45. The second-order valence-corrected chi connectivity index (χ2v) is 7.45. The highest BCUT2D eigenvalue weighted by atomic mass is 16.5. The maximum absolute atomic E-state index is 12.1. The van der Waals surface area contributed by atoms with Gasteiger partial charge >= 0.3 is 5.63 Å². The highest BCUT2D eigenvalue weighted by molar-refractivity contribution is 5.90. The van der Waals surface area contributed by atoms with E-state index >= 15 is 0 Å². The molecule has 0 aliphatic carbocycles. The Morgan fingerprint density at radius 3 is 2.37 bits per heavy atom. The molecule has 9 heteroatoms. The van der Waals surface area contributed by atoms with Crippen LogP contribution in [-0.4, -0.2) is 37.0 Å². The number of amides is 2.